The van der Waals surface area contributed by atoms with Crippen molar-refractivity contribution in [2.45, 2.75) is 38.1 Å². The van der Waals surface area contributed by atoms with Crippen molar-refractivity contribution in [2.75, 3.05) is 19.9 Å². The summed E-state index contributed by atoms with van der Waals surface area (Å²) < 4.78 is 34.3. The molecule has 0 spiro atoms. The van der Waals surface area contributed by atoms with Crippen molar-refractivity contribution in [3.8, 4) is 11.5 Å². The molecular weight excluding hydrogens is 606 g/mol. The molecule has 0 aliphatic carbocycles. The molecule has 0 unspecified atom stereocenters. The second-order valence-corrected chi connectivity index (χ2v) is 12.5. The standard InChI is InChI=1S/C35H39N3O7S/c1-24(27-14-8-5-9-15-27)37-34(40)28-19-29(21-31(20-28)45-46(3,42)43)35(41)38-32(18-25-11-6-4-7-12-25)33(39)23-36-22-26-13-10-16-30(17-26)44-2/h4-17,19-21,24,32-33,36,39H,18,22-23H2,1-3H3,(H,37,40)(H,38,41)/t24-,32+,33-/m1/s1. The maximum absolute atomic E-state index is 13.7. The van der Waals surface area contributed by atoms with Gasteiger partial charge >= 0.3 is 10.1 Å². The Morgan fingerprint density at radius 2 is 1.39 bits per heavy atom. The van der Waals surface area contributed by atoms with Gasteiger partial charge in [0.1, 0.15) is 11.5 Å². The minimum absolute atomic E-state index is 0.00624. The smallest absolute Gasteiger partial charge is 0.306 e. The predicted molar refractivity (Wildman–Crippen MR) is 176 cm³/mol. The molecule has 0 saturated carbocycles. The van der Waals surface area contributed by atoms with Gasteiger partial charge in [0.15, 0.2) is 0 Å². The van der Waals surface area contributed by atoms with Gasteiger partial charge in [-0.05, 0) is 60.4 Å². The quantitative estimate of drug-likeness (QED) is 0.142. The third kappa shape index (κ3) is 10.4. The van der Waals surface area contributed by atoms with Gasteiger partial charge in [0.25, 0.3) is 11.8 Å². The number of hydrogen-bond acceptors (Lipinski definition) is 8. The average Bonchev–Trinajstić information content (AvgIpc) is 3.04. The molecule has 11 heteroatoms. The number of hydrogen-bond donors (Lipinski definition) is 4. The highest BCUT2D eigenvalue weighted by atomic mass is 32.2. The third-order valence-electron chi connectivity index (χ3n) is 7.22. The van der Waals surface area contributed by atoms with Gasteiger partial charge in [-0.2, -0.15) is 8.42 Å². The third-order valence-corrected chi connectivity index (χ3v) is 7.72. The molecule has 0 bridgehead atoms. The summed E-state index contributed by atoms with van der Waals surface area (Å²) in [6.07, 6.45) is 0.192. The lowest BCUT2D eigenvalue weighted by Crippen LogP contribution is -2.48. The summed E-state index contributed by atoms with van der Waals surface area (Å²) in [5.74, 6) is -0.602. The molecule has 46 heavy (non-hydrogen) atoms. The molecule has 0 saturated heterocycles. The van der Waals surface area contributed by atoms with Crippen molar-refractivity contribution in [3.05, 3.63) is 131 Å². The first-order valence-corrected chi connectivity index (χ1v) is 16.6. The van der Waals surface area contributed by atoms with Gasteiger partial charge in [-0.1, -0.05) is 72.8 Å². The number of ether oxygens (including phenoxy) is 1. The first-order valence-electron chi connectivity index (χ1n) is 14.8. The van der Waals surface area contributed by atoms with Crippen LogP contribution in [0.5, 0.6) is 11.5 Å². The number of benzene rings is 4. The number of carbonyl (C=O) groups is 2. The van der Waals surface area contributed by atoms with Crippen LogP contribution in [0.2, 0.25) is 0 Å². The Morgan fingerprint density at radius 3 is 2.02 bits per heavy atom. The van der Waals surface area contributed by atoms with E-state index in [1.807, 2.05) is 91.9 Å². The van der Waals surface area contributed by atoms with Gasteiger partial charge < -0.3 is 30.0 Å². The summed E-state index contributed by atoms with van der Waals surface area (Å²) in [6, 6.07) is 29.1. The number of amides is 2. The number of aliphatic hydroxyl groups is 1. The Kier molecular flexibility index (Phi) is 11.9. The monoisotopic (exact) mass is 645 g/mol. The molecule has 0 aromatic heterocycles. The molecule has 0 fully saturated rings. The van der Waals surface area contributed by atoms with Gasteiger partial charge in [-0.15, -0.1) is 0 Å². The Balaban J connectivity index is 1.54. The van der Waals surface area contributed by atoms with Crippen LogP contribution in [-0.4, -0.2) is 57.4 Å². The van der Waals surface area contributed by atoms with E-state index in [1.54, 1.807) is 7.11 Å². The Hall–Kier alpha value is -4.71. The number of rotatable bonds is 15. The van der Waals surface area contributed by atoms with Gasteiger partial charge in [0.05, 0.1) is 31.6 Å². The summed E-state index contributed by atoms with van der Waals surface area (Å²) in [6.45, 7) is 2.44. The van der Waals surface area contributed by atoms with Gasteiger partial charge in [0, 0.05) is 24.2 Å². The molecule has 4 N–H and O–H groups in total. The molecule has 242 valence electrons. The lowest BCUT2D eigenvalue weighted by Gasteiger charge is -2.25. The maximum atomic E-state index is 13.7. The van der Waals surface area contributed by atoms with Crippen molar-refractivity contribution in [1.82, 2.24) is 16.0 Å². The van der Waals surface area contributed by atoms with Crippen molar-refractivity contribution < 1.29 is 32.0 Å². The highest BCUT2D eigenvalue weighted by Crippen LogP contribution is 2.21. The van der Waals surface area contributed by atoms with E-state index in [2.05, 4.69) is 16.0 Å². The lowest BCUT2D eigenvalue weighted by atomic mass is 10.00. The van der Waals surface area contributed by atoms with E-state index in [1.165, 1.54) is 18.2 Å². The zero-order chi connectivity index (χ0) is 33.1. The SMILES string of the molecule is COc1cccc(CNC[C@@H](O)[C@H](Cc2ccccc2)NC(=O)c2cc(OS(C)(=O)=O)cc(C(=O)N[C@H](C)c3ccccc3)c2)c1. The van der Waals surface area contributed by atoms with Crippen LogP contribution in [0.25, 0.3) is 0 Å². The highest BCUT2D eigenvalue weighted by Gasteiger charge is 2.24. The van der Waals surface area contributed by atoms with Gasteiger partial charge in [-0.25, -0.2) is 0 Å². The highest BCUT2D eigenvalue weighted by molar-refractivity contribution is 7.86. The molecule has 10 nitrogen and oxygen atoms in total. The molecule has 0 radical (unpaired) electrons. The van der Waals surface area contributed by atoms with Crippen LogP contribution < -0.4 is 24.9 Å². The number of nitrogens with one attached hydrogen (secondary N) is 3. The van der Waals surface area contributed by atoms with Crippen LogP contribution >= 0.6 is 0 Å². The topological polar surface area (TPSA) is 143 Å². The minimum atomic E-state index is -3.96. The van der Waals surface area contributed by atoms with E-state index in [4.69, 9.17) is 8.92 Å². The van der Waals surface area contributed by atoms with Crippen LogP contribution in [0.1, 0.15) is 50.4 Å². The normalized spacial score (nSPS) is 13.2. The minimum Gasteiger partial charge on any atom is -0.497 e. The second kappa shape index (κ2) is 16.0. The predicted octanol–water partition coefficient (Wildman–Crippen LogP) is 4.02. The van der Waals surface area contributed by atoms with E-state index in [9.17, 15) is 23.1 Å². The van der Waals surface area contributed by atoms with E-state index < -0.39 is 34.1 Å². The van der Waals surface area contributed by atoms with Crippen LogP contribution in [-0.2, 0) is 23.1 Å². The number of methoxy groups -OCH3 is 1. The van der Waals surface area contributed by atoms with Gasteiger partial charge in [-0.3, -0.25) is 9.59 Å². The van der Waals surface area contributed by atoms with Crippen LogP contribution in [0.4, 0.5) is 0 Å². The molecule has 3 atom stereocenters. The van der Waals surface area contributed by atoms with Crippen LogP contribution in [0.3, 0.4) is 0 Å². The van der Waals surface area contributed by atoms with Crippen LogP contribution in [0, 0.1) is 0 Å². The summed E-state index contributed by atoms with van der Waals surface area (Å²) in [7, 11) is -2.37. The fourth-order valence-corrected chi connectivity index (χ4v) is 5.33. The summed E-state index contributed by atoms with van der Waals surface area (Å²) in [4.78, 5) is 26.9. The Morgan fingerprint density at radius 1 is 0.783 bits per heavy atom. The zero-order valence-electron chi connectivity index (χ0n) is 26.0. The molecule has 0 heterocycles. The number of carbonyl (C=O) groups excluding carboxylic acids is 2. The largest absolute Gasteiger partial charge is 0.497 e. The molecule has 4 aromatic carbocycles. The summed E-state index contributed by atoms with van der Waals surface area (Å²) in [5.41, 5.74) is 2.76. The van der Waals surface area contributed by atoms with E-state index in [-0.39, 0.29) is 29.5 Å². The Labute approximate surface area is 269 Å². The molecule has 2 amide bonds. The Bertz CT molecular complexity index is 1720. The summed E-state index contributed by atoms with van der Waals surface area (Å²) in [5, 5.41) is 20.2. The molecule has 4 rings (SSSR count). The molecule has 4 aromatic rings. The van der Waals surface area contributed by atoms with E-state index in [0.717, 1.165) is 28.7 Å². The van der Waals surface area contributed by atoms with Crippen molar-refractivity contribution in [1.29, 1.82) is 0 Å². The first kappa shape index (κ1) is 34.2. The summed E-state index contributed by atoms with van der Waals surface area (Å²) >= 11 is 0. The fourth-order valence-electron chi connectivity index (χ4n) is 4.88. The zero-order valence-corrected chi connectivity index (χ0v) is 26.8. The average molecular weight is 646 g/mol. The second-order valence-electron chi connectivity index (χ2n) is 11.0. The first-order chi connectivity index (χ1) is 22.0. The van der Waals surface area contributed by atoms with Crippen molar-refractivity contribution in [2.24, 2.45) is 0 Å². The fraction of sp³-hybridized carbons (Fsp3) is 0.257. The van der Waals surface area contributed by atoms with Crippen molar-refractivity contribution >= 4 is 21.9 Å². The molecular formula is C35H39N3O7S. The van der Waals surface area contributed by atoms with Gasteiger partial charge in [0.2, 0.25) is 0 Å². The molecule has 0 aliphatic rings. The molecule has 0 aliphatic heterocycles. The van der Waals surface area contributed by atoms with E-state index in [0.29, 0.717) is 13.0 Å². The van der Waals surface area contributed by atoms with Crippen LogP contribution in [0.15, 0.2) is 103 Å². The maximum Gasteiger partial charge on any atom is 0.306 e. The lowest BCUT2D eigenvalue weighted by molar-refractivity contribution is 0.0829. The number of aliphatic hydroxyl groups excluding tert-OH is 1. The van der Waals surface area contributed by atoms with E-state index >= 15 is 0 Å². The van der Waals surface area contributed by atoms with Crippen molar-refractivity contribution in [3.63, 3.8) is 0 Å².